The number of H-pyrrole nitrogens is 1. The fourth-order valence-corrected chi connectivity index (χ4v) is 1.80. The number of aliphatic hydroxyl groups is 2. The van der Waals surface area contributed by atoms with Gasteiger partial charge in [0.1, 0.15) is 0 Å². The van der Waals surface area contributed by atoms with Crippen molar-refractivity contribution in [1.82, 2.24) is 10.3 Å². The molecule has 0 aliphatic heterocycles. The van der Waals surface area contributed by atoms with E-state index in [0.717, 1.165) is 5.52 Å². The molecule has 0 atom stereocenters. The molecule has 0 aliphatic carbocycles. The van der Waals surface area contributed by atoms with E-state index in [1.807, 2.05) is 0 Å². The smallest absolute Gasteiger partial charge is 0.254 e. The van der Waals surface area contributed by atoms with E-state index in [1.54, 1.807) is 31.3 Å². The summed E-state index contributed by atoms with van der Waals surface area (Å²) >= 11 is 0. The van der Waals surface area contributed by atoms with Crippen molar-refractivity contribution < 1.29 is 15.0 Å². The molecule has 6 N–H and O–H groups in total. The molecule has 102 valence electrons. The fourth-order valence-electron chi connectivity index (χ4n) is 1.80. The fraction of sp³-hybridized carbons (Fsp3) is 0.308. The topological polar surface area (TPSA) is 111 Å². The largest absolute Gasteiger partial charge is 0.399 e. The first-order valence-electron chi connectivity index (χ1n) is 5.90. The number of anilines is 1. The van der Waals surface area contributed by atoms with Gasteiger partial charge < -0.3 is 26.2 Å². The number of nitrogens with one attached hydrogen (secondary N) is 2. The molecule has 6 heteroatoms. The van der Waals surface area contributed by atoms with Crippen molar-refractivity contribution in [3.05, 3.63) is 30.0 Å². The lowest BCUT2D eigenvalue weighted by molar-refractivity contribution is 0.0725. The Kier molecular flexibility index (Phi) is 3.46. The van der Waals surface area contributed by atoms with Crippen molar-refractivity contribution in [2.75, 3.05) is 18.9 Å². The molecule has 1 aromatic heterocycles. The first kappa shape index (κ1) is 13.4. The summed E-state index contributed by atoms with van der Waals surface area (Å²) in [5.41, 5.74) is 6.44. The number of amides is 1. The van der Waals surface area contributed by atoms with Gasteiger partial charge in [0.05, 0.1) is 24.3 Å². The second-order valence-corrected chi connectivity index (χ2v) is 4.84. The van der Waals surface area contributed by atoms with Gasteiger partial charge in [0, 0.05) is 22.8 Å². The van der Waals surface area contributed by atoms with E-state index in [0.29, 0.717) is 16.6 Å². The van der Waals surface area contributed by atoms with Crippen LogP contribution in [-0.4, -0.2) is 39.9 Å². The maximum absolute atomic E-state index is 12.2. The quantitative estimate of drug-likeness (QED) is 0.508. The third kappa shape index (κ3) is 2.54. The van der Waals surface area contributed by atoms with Crippen molar-refractivity contribution >= 4 is 22.5 Å². The summed E-state index contributed by atoms with van der Waals surface area (Å²) in [7, 11) is 0. The van der Waals surface area contributed by atoms with Gasteiger partial charge in [-0.15, -0.1) is 0 Å². The molecule has 2 rings (SSSR count). The maximum Gasteiger partial charge on any atom is 0.254 e. The summed E-state index contributed by atoms with van der Waals surface area (Å²) in [4.78, 5) is 15.1. The van der Waals surface area contributed by atoms with E-state index in [-0.39, 0.29) is 19.1 Å². The van der Waals surface area contributed by atoms with Crippen LogP contribution in [0, 0.1) is 0 Å². The van der Waals surface area contributed by atoms with Gasteiger partial charge in [-0.1, -0.05) is 0 Å². The summed E-state index contributed by atoms with van der Waals surface area (Å²) in [5, 5.41) is 21.7. The molecular weight excluding hydrogens is 246 g/mol. The van der Waals surface area contributed by atoms with Crippen LogP contribution in [0.2, 0.25) is 0 Å². The highest BCUT2D eigenvalue weighted by molar-refractivity contribution is 6.07. The summed E-state index contributed by atoms with van der Waals surface area (Å²) in [5.74, 6) is -0.373. The average Bonchev–Trinajstić information content (AvgIpc) is 2.81. The molecular formula is C13H17N3O3. The number of hydrogen-bond acceptors (Lipinski definition) is 4. The second kappa shape index (κ2) is 4.91. The number of carbonyl (C=O) groups is 1. The number of aromatic nitrogens is 1. The van der Waals surface area contributed by atoms with Gasteiger partial charge >= 0.3 is 0 Å². The molecule has 1 heterocycles. The zero-order valence-corrected chi connectivity index (χ0v) is 10.6. The van der Waals surface area contributed by atoms with Crippen LogP contribution in [0.15, 0.2) is 24.4 Å². The highest BCUT2D eigenvalue weighted by Crippen LogP contribution is 2.21. The SMILES string of the molecule is CC(CO)(CO)NC(=O)c1c[nH]c2ccc(N)cc12. The van der Waals surface area contributed by atoms with Gasteiger partial charge in [0.15, 0.2) is 0 Å². The number of aromatic amines is 1. The Morgan fingerprint density at radius 3 is 2.74 bits per heavy atom. The molecule has 1 amide bonds. The normalized spacial score (nSPS) is 11.7. The predicted molar refractivity (Wildman–Crippen MR) is 72.8 cm³/mol. The maximum atomic E-state index is 12.2. The second-order valence-electron chi connectivity index (χ2n) is 4.84. The Morgan fingerprint density at radius 2 is 2.11 bits per heavy atom. The summed E-state index contributed by atoms with van der Waals surface area (Å²) < 4.78 is 0. The first-order chi connectivity index (χ1) is 8.99. The Morgan fingerprint density at radius 1 is 1.42 bits per heavy atom. The van der Waals surface area contributed by atoms with Crippen LogP contribution < -0.4 is 11.1 Å². The van der Waals surface area contributed by atoms with Gasteiger partial charge in [0.2, 0.25) is 0 Å². The van der Waals surface area contributed by atoms with Crippen LogP contribution in [0.1, 0.15) is 17.3 Å². The van der Waals surface area contributed by atoms with Crippen LogP contribution in [0.5, 0.6) is 0 Å². The van der Waals surface area contributed by atoms with Crippen molar-refractivity contribution in [1.29, 1.82) is 0 Å². The number of hydrogen-bond donors (Lipinski definition) is 5. The standard InChI is InChI=1S/C13H17N3O3/c1-13(6-17,7-18)16-12(19)10-5-15-11-3-2-8(14)4-9(10)11/h2-5,15,17-18H,6-7,14H2,1H3,(H,16,19). The highest BCUT2D eigenvalue weighted by Gasteiger charge is 2.26. The van der Waals surface area contributed by atoms with Crippen molar-refractivity contribution in [3.63, 3.8) is 0 Å². The molecule has 6 nitrogen and oxygen atoms in total. The van der Waals surface area contributed by atoms with E-state index in [1.165, 1.54) is 0 Å². The number of rotatable bonds is 4. The third-order valence-corrected chi connectivity index (χ3v) is 3.06. The van der Waals surface area contributed by atoms with Crippen molar-refractivity contribution in [2.45, 2.75) is 12.5 Å². The lowest BCUT2D eigenvalue weighted by Gasteiger charge is -2.25. The Balaban J connectivity index is 2.34. The van der Waals surface area contributed by atoms with Crippen LogP contribution >= 0.6 is 0 Å². The molecule has 0 saturated carbocycles. The van der Waals surface area contributed by atoms with E-state index >= 15 is 0 Å². The monoisotopic (exact) mass is 263 g/mol. The van der Waals surface area contributed by atoms with Gasteiger partial charge in [-0.2, -0.15) is 0 Å². The summed E-state index contributed by atoms with van der Waals surface area (Å²) in [6.45, 7) is 0.869. The van der Waals surface area contributed by atoms with E-state index in [4.69, 9.17) is 5.73 Å². The number of benzene rings is 1. The zero-order chi connectivity index (χ0) is 14.0. The Bertz CT molecular complexity index is 602. The van der Waals surface area contributed by atoms with Gasteiger partial charge in [-0.3, -0.25) is 4.79 Å². The Hall–Kier alpha value is -2.05. The molecule has 1 aromatic carbocycles. The van der Waals surface area contributed by atoms with Gasteiger partial charge in [0.25, 0.3) is 5.91 Å². The molecule has 0 bridgehead atoms. The lowest BCUT2D eigenvalue weighted by atomic mass is 10.0. The zero-order valence-electron chi connectivity index (χ0n) is 10.6. The number of nitrogen functional groups attached to an aromatic ring is 1. The third-order valence-electron chi connectivity index (χ3n) is 3.06. The molecule has 0 spiro atoms. The molecule has 0 unspecified atom stereocenters. The van der Waals surface area contributed by atoms with E-state index in [2.05, 4.69) is 10.3 Å². The van der Waals surface area contributed by atoms with Crippen LogP contribution in [-0.2, 0) is 0 Å². The number of fused-ring (bicyclic) bond motifs is 1. The molecule has 0 aliphatic rings. The number of nitrogens with two attached hydrogens (primary N) is 1. The van der Waals surface area contributed by atoms with E-state index < -0.39 is 5.54 Å². The highest BCUT2D eigenvalue weighted by atomic mass is 16.3. The minimum absolute atomic E-state index is 0.347. The van der Waals surface area contributed by atoms with Crippen LogP contribution in [0.25, 0.3) is 10.9 Å². The number of carbonyl (C=O) groups excluding carboxylic acids is 1. The van der Waals surface area contributed by atoms with Crippen molar-refractivity contribution in [2.24, 2.45) is 0 Å². The average molecular weight is 263 g/mol. The minimum atomic E-state index is -1.05. The van der Waals surface area contributed by atoms with E-state index in [9.17, 15) is 15.0 Å². The summed E-state index contributed by atoms with van der Waals surface area (Å²) in [6, 6.07) is 5.24. The molecule has 19 heavy (non-hydrogen) atoms. The summed E-state index contributed by atoms with van der Waals surface area (Å²) in [6.07, 6.45) is 1.58. The molecule has 0 fully saturated rings. The molecule has 0 radical (unpaired) electrons. The van der Waals surface area contributed by atoms with Gasteiger partial charge in [-0.05, 0) is 25.1 Å². The molecule has 0 saturated heterocycles. The van der Waals surface area contributed by atoms with Crippen LogP contribution in [0.3, 0.4) is 0 Å². The van der Waals surface area contributed by atoms with Crippen molar-refractivity contribution in [3.8, 4) is 0 Å². The lowest BCUT2D eigenvalue weighted by Crippen LogP contribution is -2.51. The van der Waals surface area contributed by atoms with Gasteiger partial charge in [-0.25, -0.2) is 0 Å². The first-order valence-corrected chi connectivity index (χ1v) is 5.90. The Labute approximate surface area is 110 Å². The number of aliphatic hydroxyl groups excluding tert-OH is 2. The predicted octanol–water partition coefficient (Wildman–Crippen LogP) is 0.223. The van der Waals surface area contributed by atoms with Crippen LogP contribution in [0.4, 0.5) is 5.69 Å². The minimum Gasteiger partial charge on any atom is -0.399 e. The molecule has 2 aromatic rings.